The fourth-order valence-corrected chi connectivity index (χ4v) is 5.76. The van der Waals surface area contributed by atoms with Gasteiger partial charge in [0, 0.05) is 41.2 Å². The lowest BCUT2D eigenvalue weighted by molar-refractivity contribution is -0.138. The Morgan fingerprint density at radius 1 is 0.884 bits per heavy atom. The number of allylic oxidation sites excluding steroid dienone is 6. The van der Waals surface area contributed by atoms with Crippen LogP contribution in [0.4, 0.5) is 0 Å². The first kappa shape index (κ1) is 31.2. The monoisotopic (exact) mass is 586 g/mol. The highest BCUT2D eigenvalue weighted by atomic mass is 16.4. The molecule has 4 heterocycles. The molecular formula is C33H38N4O6. The summed E-state index contributed by atoms with van der Waals surface area (Å²) < 4.78 is 0. The second-order valence-corrected chi connectivity index (χ2v) is 11.0. The molecule has 1 aromatic heterocycles. The topological polar surface area (TPSA) is 161 Å². The summed E-state index contributed by atoms with van der Waals surface area (Å²) in [5.74, 6) is -2.35. The van der Waals surface area contributed by atoms with Crippen LogP contribution in [0, 0.1) is 12.8 Å². The minimum atomic E-state index is -0.930. The maximum Gasteiger partial charge on any atom is 0.303 e. The lowest BCUT2D eigenvalue weighted by atomic mass is 9.98. The first-order chi connectivity index (χ1) is 20.4. The zero-order valence-electron chi connectivity index (χ0n) is 25.4. The number of carboxylic acids is 2. The number of carboxylic acid groups (broad SMARTS) is 2. The molecule has 226 valence electrons. The van der Waals surface area contributed by atoms with Crippen molar-refractivity contribution >= 4 is 41.6 Å². The Labute approximate surface area is 250 Å². The Morgan fingerprint density at radius 3 is 2.16 bits per heavy atom. The van der Waals surface area contributed by atoms with Gasteiger partial charge in [-0.1, -0.05) is 13.0 Å². The number of aliphatic imine (C=N–C) groups is 1. The molecule has 10 heteroatoms. The molecule has 1 atom stereocenters. The van der Waals surface area contributed by atoms with Crippen molar-refractivity contribution in [3.63, 3.8) is 0 Å². The standard InChI is InChI=1S/C33H38N4O6/c1-7-20-19(6)32(42)37-27(20)14-25-18(5)23(10-12-31(40)41)29(35-25)15-28-22(9-11-30(38)39)17(4)24(34-28)13-26-16(3)21(8-2)33(43)36-26/h7,13-15,19,35H,8-12H2,1-6H3,(H,36,43)(H,37,42)(H,38,39)(H,40,41)/b20-7-,26-13-,27-14-,28-15-. The Bertz CT molecular complexity index is 1640. The molecule has 3 aliphatic rings. The summed E-state index contributed by atoms with van der Waals surface area (Å²) in [6.07, 6.45) is 8.37. The van der Waals surface area contributed by atoms with Gasteiger partial charge in [0.2, 0.25) is 5.91 Å². The zero-order valence-corrected chi connectivity index (χ0v) is 25.4. The summed E-state index contributed by atoms with van der Waals surface area (Å²) in [6, 6.07) is 0. The second-order valence-electron chi connectivity index (χ2n) is 11.0. The summed E-state index contributed by atoms with van der Waals surface area (Å²) in [5, 5.41) is 24.7. The van der Waals surface area contributed by atoms with E-state index in [0.29, 0.717) is 40.5 Å². The maximum absolute atomic E-state index is 12.4. The van der Waals surface area contributed by atoms with Crippen LogP contribution in [0.5, 0.6) is 0 Å². The lowest BCUT2D eigenvalue weighted by Crippen LogP contribution is -2.17. The first-order valence-electron chi connectivity index (χ1n) is 14.4. The average molecular weight is 587 g/mol. The molecule has 0 aliphatic carbocycles. The van der Waals surface area contributed by atoms with Crippen LogP contribution in [-0.4, -0.2) is 44.7 Å². The average Bonchev–Trinajstić information content (AvgIpc) is 3.59. The summed E-state index contributed by atoms with van der Waals surface area (Å²) >= 11 is 0. The minimum absolute atomic E-state index is 0.0782. The number of hydrogen-bond acceptors (Lipinski definition) is 5. The summed E-state index contributed by atoms with van der Waals surface area (Å²) in [5.41, 5.74) is 9.62. The molecule has 43 heavy (non-hydrogen) atoms. The molecule has 1 aromatic rings. The number of aromatic amines is 1. The van der Waals surface area contributed by atoms with Gasteiger partial charge in [-0.2, -0.15) is 0 Å². The molecule has 0 bridgehead atoms. The fourth-order valence-electron chi connectivity index (χ4n) is 5.76. The highest BCUT2D eigenvalue weighted by molar-refractivity contribution is 6.14. The molecular weight excluding hydrogens is 548 g/mol. The predicted molar refractivity (Wildman–Crippen MR) is 165 cm³/mol. The Kier molecular flexibility index (Phi) is 9.18. The van der Waals surface area contributed by atoms with Gasteiger partial charge in [-0.05, 0) is 106 Å². The molecule has 0 aromatic carbocycles. The number of aromatic nitrogens is 1. The van der Waals surface area contributed by atoms with Gasteiger partial charge in [-0.3, -0.25) is 19.2 Å². The van der Waals surface area contributed by atoms with Crippen LogP contribution in [-0.2, 0) is 25.6 Å². The second kappa shape index (κ2) is 12.6. The third kappa shape index (κ3) is 6.38. The molecule has 0 saturated carbocycles. The SMILES string of the molecule is C/C=C1\C(=C\c2[nH]c(/C=C3N=C(/C=C4\NC(=O)C(CC)=C4C)C(C)=C\3CCC(=O)O)c(CCC(=O)O)c2C)NC(=O)C1C. The molecule has 10 nitrogen and oxygen atoms in total. The fraction of sp³-hybridized carbons (Fsp3) is 0.364. The van der Waals surface area contributed by atoms with Crippen LogP contribution >= 0.6 is 0 Å². The number of H-pyrrole nitrogens is 1. The van der Waals surface area contributed by atoms with Crippen LogP contribution < -0.4 is 10.6 Å². The van der Waals surface area contributed by atoms with Gasteiger partial charge < -0.3 is 25.8 Å². The van der Waals surface area contributed by atoms with Gasteiger partial charge in [-0.15, -0.1) is 0 Å². The number of nitrogens with zero attached hydrogens (tertiary/aromatic N) is 1. The lowest BCUT2D eigenvalue weighted by Gasteiger charge is -2.06. The van der Waals surface area contributed by atoms with Crippen molar-refractivity contribution in [3.05, 3.63) is 79.6 Å². The van der Waals surface area contributed by atoms with E-state index in [1.54, 1.807) is 0 Å². The number of carbonyl (C=O) groups excluding carboxylic acids is 2. The molecule has 0 spiro atoms. The van der Waals surface area contributed by atoms with Crippen LogP contribution in [0.25, 0.3) is 12.2 Å². The van der Waals surface area contributed by atoms with E-state index in [4.69, 9.17) is 4.99 Å². The van der Waals surface area contributed by atoms with Crippen molar-refractivity contribution in [2.45, 2.75) is 73.6 Å². The van der Waals surface area contributed by atoms with E-state index in [-0.39, 0.29) is 43.4 Å². The maximum atomic E-state index is 12.4. The molecule has 0 radical (unpaired) electrons. The molecule has 4 rings (SSSR count). The van der Waals surface area contributed by atoms with Crippen molar-refractivity contribution in [1.29, 1.82) is 0 Å². The number of rotatable bonds is 10. The molecule has 1 saturated heterocycles. The highest BCUT2D eigenvalue weighted by Crippen LogP contribution is 2.35. The van der Waals surface area contributed by atoms with Gasteiger partial charge >= 0.3 is 11.9 Å². The van der Waals surface area contributed by atoms with Gasteiger partial charge in [0.25, 0.3) is 5.91 Å². The predicted octanol–water partition coefficient (Wildman–Crippen LogP) is 5.11. The molecule has 2 amide bonds. The Balaban J connectivity index is 1.84. The number of amides is 2. The Hall–Kier alpha value is -4.73. The summed E-state index contributed by atoms with van der Waals surface area (Å²) in [7, 11) is 0. The third-order valence-electron chi connectivity index (χ3n) is 8.34. The van der Waals surface area contributed by atoms with E-state index in [9.17, 15) is 29.4 Å². The molecule has 1 unspecified atom stereocenters. The van der Waals surface area contributed by atoms with Crippen molar-refractivity contribution in [2.24, 2.45) is 10.9 Å². The minimum Gasteiger partial charge on any atom is -0.481 e. The van der Waals surface area contributed by atoms with Crippen LogP contribution in [0.2, 0.25) is 0 Å². The molecule has 1 fully saturated rings. The van der Waals surface area contributed by atoms with E-state index in [2.05, 4.69) is 15.6 Å². The van der Waals surface area contributed by atoms with Crippen LogP contribution in [0.1, 0.15) is 82.8 Å². The quantitative estimate of drug-likeness (QED) is 0.256. The van der Waals surface area contributed by atoms with Gasteiger partial charge in [-0.25, -0.2) is 4.99 Å². The first-order valence-corrected chi connectivity index (χ1v) is 14.4. The normalized spacial score (nSPS) is 22.5. The van der Waals surface area contributed by atoms with Crippen molar-refractivity contribution in [2.75, 3.05) is 0 Å². The summed E-state index contributed by atoms with van der Waals surface area (Å²) in [4.78, 5) is 56.0. The molecule has 3 aliphatic heterocycles. The van der Waals surface area contributed by atoms with Gasteiger partial charge in [0.15, 0.2) is 0 Å². The van der Waals surface area contributed by atoms with Crippen molar-refractivity contribution in [1.82, 2.24) is 15.6 Å². The number of nitrogens with one attached hydrogen (secondary N) is 3. The van der Waals surface area contributed by atoms with E-state index < -0.39 is 11.9 Å². The van der Waals surface area contributed by atoms with E-state index >= 15 is 0 Å². The smallest absolute Gasteiger partial charge is 0.303 e. The van der Waals surface area contributed by atoms with Crippen LogP contribution in [0.15, 0.2) is 62.1 Å². The van der Waals surface area contributed by atoms with E-state index in [0.717, 1.165) is 39.1 Å². The molecule has 5 N–H and O–H groups in total. The third-order valence-corrected chi connectivity index (χ3v) is 8.34. The number of hydrogen-bond donors (Lipinski definition) is 5. The Morgan fingerprint density at radius 2 is 1.56 bits per heavy atom. The van der Waals surface area contributed by atoms with Gasteiger partial charge in [0.1, 0.15) is 0 Å². The largest absolute Gasteiger partial charge is 0.481 e. The van der Waals surface area contributed by atoms with E-state index in [1.807, 2.05) is 65.8 Å². The highest BCUT2D eigenvalue weighted by Gasteiger charge is 2.30. The number of carbonyl (C=O) groups is 4. The van der Waals surface area contributed by atoms with Gasteiger partial charge in [0.05, 0.1) is 17.3 Å². The van der Waals surface area contributed by atoms with Crippen molar-refractivity contribution < 1.29 is 29.4 Å². The van der Waals surface area contributed by atoms with E-state index in [1.165, 1.54) is 0 Å². The van der Waals surface area contributed by atoms with Crippen molar-refractivity contribution in [3.8, 4) is 0 Å². The van der Waals surface area contributed by atoms with Crippen LogP contribution in [0.3, 0.4) is 0 Å². The number of aliphatic carboxylic acids is 2. The zero-order chi connectivity index (χ0) is 31.6. The summed E-state index contributed by atoms with van der Waals surface area (Å²) in [6.45, 7) is 11.3.